The Morgan fingerprint density at radius 3 is 2.54 bits per heavy atom. The van der Waals surface area contributed by atoms with E-state index in [-0.39, 0.29) is 23.3 Å². The first kappa shape index (κ1) is 19.1. The van der Waals surface area contributed by atoms with E-state index in [4.69, 9.17) is 5.73 Å². The molecule has 1 unspecified atom stereocenters. The Balaban J connectivity index is 0.00000208. The third-order valence-electron chi connectivity index (χ3n) is 4.72. The van der Waals surface area contributed by atoms with Crippen molar-refractivity contribution in [1.29, 1.82) is 0 Å². The Hall–Kier alpha value is -1.22. The van der Waals surface area contributed by atoms with Gasteiger partial charge in [0.25, 0.3) is 0 Å². The number of pyridine rings is 1. The molecule has 1 fully saturated rings. The molecule has 1 aliphatic heterocycles. The second-order valence-corrected chi connectivity index (χ2v) is 8.29. The molecule has 0 amide bonds. The summed E-state index contributed by atoms with van der Waals surface area (Å²) < 4.78 is 28.9. The zero-order valence-corrected chi connectivity index (χ0v) is 15.8. The predicted molar refractivity (Wildman–Crippen MR) is 95.6 cm³/mol. The Kier molecular flexibility index (Phi) is 5.54. The van der Waals surface area contributed by atoms with Crippen LogP contribution in [0, 0.1) is 12.8 Å². The highest BCUT2D eigenvalue weighted by molar-refractivity contribution is 7.89. The first-order valence-electron chi connectivity index (χ1n) is 7.86. The SMILES string of the molecule is Cc1nn(C)c2ncc(S(=O)(=O)N3CCC(C(C)N)CC3)cc12.Cl. The number of aromatic nitrogens is 3. The molecule has 0 aromatic carbocycles. The largest absolute Gasteiger partial charge is 0.328 e. The van der Waals surface area contributed by atoms with Gasteiger partial charge in [0, 0.05) is 37.8 Å². The van der Waals surface area contributed by atoms with Crippen LogP contribution in [-0.4, -0.2) is 46.6 Å². The summed E-state index contributed by atoms with van der Waals surface area (Å²) in [4.78, 5) is 4.52. The highest BCUT2D eigenvalue weighted by Gasteiger charge is 2.31. The average molecular weight is 374 g/mol. The molecule has 0 bridgehead atoms. The van der Waals surface area contributed by atoms with Crippen LogP contribution < -0.4 is 5.73 Å². The molecule has 1 atom stereocenters. The lowest BCUT2D eigenvalue weighted by Crippen LogP contribution is -2.42. The number of piperidine rings is 1. The zero-order chi connectivity index (χ0) is 16.8. The smallest absolute Gasteiger partial charge is 0.244 e. The van der Waals surface area contributed by atoms with E-state index in [1.807, 2.05) is 13.8 Å². The fourth-order valence-corrected chi connectivity index (χ4v) is 4.66. The van der Waals surface area contributed by atoms with Crippen LogP contribution in [0.2, 0.25) is 0 Å². The zero-order valence-electron chi connectivity index (χ0n) is 14.1. The molecule has 2 aromatic rings. The molecule has 7 nitrogen and oxygen atoms in total. The first-order valence-corrected chi connectivity index (χ1v) is 9.30. The summed E-state index contributed by atoms with van der Waals surface area (Å²) in [5.74, 6) is 0.391. The predicted octanol–water partition coefficient (Wildman–Crippen LogP) is 1.45. The summed E-state index contributed by atoms with van der Waals surface area (Å²) >= 11 is 0. The number of fused-ring (bicyclic) bond motifs is 1. The molecule has 3 rings (SSSR count). The minimum absolute atomic E-state index is 0. The Bertz CT molecular complexity index is 826. The van der Waals surface area contributed by atoms with Gasteiger partial charge in [-0.15, -0.1) is 12.4 Å². The van der Waals surface area contributed by atoms with Crippen LogP contribution in [0.4, 0.5) is 0 Å². The highest BCUT2D eigenvalue weighted by atomic mass is 35.5. The van der Waals surface area contributed by atoms with Crippen LogP contribution in [0.25, 0.3) is 11.0 Å². The quantitative estimate of drug-likeness (QED) is 0.878. The van der Waals surface area contributed by atoms with Crippen molar-refractivity contribution >= 4 is 33.5 Å². The third-order valence-corrected chi connectivity index (χ3v) is 6.58. The number of nitrogens with zero attached hydrogens (tertiary/aromatic N) is 4. The Labute approximate surface area is 148 Å². The Morgan fingerprint density at radius 1 is 1.33 bits per heavy atom. The monoisotopic (exact) mass is 373 g/mol. The van der Waals surface area contributed by atoms with E-state index < -0.39 is 10.0 Å². The van der Waals surface area contributed by atoms with E-state index in [2.05, 4.69) is 10.1 Å². The minimum Gasteiger partial charge on any atom is -0.328 e. The summed E-state index contributed by atoms with van der Waals surface area (Å²) in [5.41, 5.74) is 7.40. The summed E-state index contributed by atoms with van der Waals surface area (Å²) in [6.45, 7) is 4.86. The van der Waals surface area contributed by atoms with E-state index in [0.717, 1.165) is 23.9 Å². The number of rotatable bonds is 3. The van der Waals surface area contributed by atoms with Crippen molar-refractivity contribution in [3.05, 3.63) is 18.0 Å². The number of sulfonamides is 1. The fourth-order valence-electron chi connectivity index (χ4n) is 3.22. The van der Waals surface area contributed by atoms with Gasteiger partial charge in [0.2, 0.25) is 10.0 Å². The molecule has 1 aliphatic rings. The summed E-state index contributed by atoms with van der Waals surface area (Å²) in [7, 11) is -1.72. The van der Waals surface area contributed by atoms with Crippen LogP contribution in [0.5, 0.6) is 0 Å². The van der Waals surface area contributed by atoms with E-state index in [1.165, 1.54) is 6.20 Å². The molecule has 3 heterocycles. The summed E-state index contributed by atoms with van der Waals surface area (Å²) in [6.07, 6.45) is 3.04. The molecular weight excluding hydrogens is 350 g/mol. The van der Waals surface area contributed by atoms with Crippen molar-refractivity contribution < 1.29 is 8.42 Å². The molecular formula is C15H24ClN5O2S. The van der Waals surface area contributed by atoms with E-state index in [1.54, 1.807) is 22.1 Å². The topological polar surface area (TPSA) is 94.1 Å². The molecule has 2 N–H and O–H groups in total. The molecule has 0 saturated carbocycles. The maximum absolute atomic E-state index is 12.9. The van der Waals surface area contributed by atoms with Crippen molar-refractivity contribution in [1.82, 2.24) is 19.1 Å². The van der Waals surface area contributed by atoms with Gasteiger partial charge >= 0.3 is 0 Å². The first-order chi connectivity index (χ1) is 10.8. The Morgan fingerprint density at radius 2 is 1.96 bits per heavy atom. The van der Waals surface area contributed by atoms with Gasteiger partial charge < -0.3 is 5.73 Å². The van der Waals surface area contributed by atoms with Gasteiger partial charge in [-0.3, -0.25) is 4.68 Å². The highest BCUT2D eigenvalue weighted by Crippen LogP contribution is 2.26. The lowest BCUT2D eigenvalue weighted by Gasteiger charge is -2.32. The van der Waals surface area contributed by atoms with E-state index in [9.17, 15) is 8.42 Å². The second-order valence-electron chi connectivity index (χ2n) is 6.35. The molecule has 0 aliphatic carbocycles. The van der Waals surface area contributed by atoms with Crippen molar-refractivity contribution in [2.24, 2.45) is 18.7 Å². The normalized spacial score (nSPS) is 18.5. The van der Waals surface area contributed by atoms with Crippen LogP contribution >= 0.6 is 12.4 Å². The standard InChI is InChI=1S/C15H23N5O2S.ClH/c1-10(16)12-4-6-20(7-5-12)23(21,22)13-8-14-11(2)18-19(3)15(14)17-9-13;/h8-10,12H,4-7,16H2,1-3H3;1H. The lowest BCUT2D eigenvalue weighted by atomic mass is 9.92. The van der Waals surface area contributed by atoms with Crippen LogP contribution in [-0.2, 0) is 17.1 Å². The average Bonchev–Trinajstić information content (AvgIpc) is 2.81. The second kappa shape index (κ2) is 6.95. The fraction of sp³-hybridized carbons (Fsp3) is 0.600. The molecule has 9 heteroatoms. The van der Waals surface area contributed by atoms with Crippen molar-refractivity contribution in [2.45, 2.75) is 37.6 Å². The van der Waals surface area contributed by atoms with Crippen molar-refractivity contribution in [3.63, 3.8) is 0 Å². The van der Waals surface area contributed by atoms with Gasteiger partial charge in [-0.1, -0.05) is 0 Å². The van der Waals surface area contributed by atoms with Crippen molar-refractivity contribution in [3.8, 4) is 0 Å². The van der Waals surface area contributed by atoms with Gasteiger partial charge in [0.15, 0.2) is 5.65 Å². The molecule has 134 valence electrons. The van der Waals surface area contributed by atoms with Crippen LogP contribution in [0.1, 0.15) is 25.5 Å². The maximum Gasteiger partial charge on any atom is 0.244 e. The van der Waals surface area contributed by atoms with Gasteiger partial charge in [0.05, 0.1) is 5.69 Å². The summed E-state index contributed by atoms with van der Waals surface area (Å²) in [6, 6.07) is 1.79. The van der Waals surface area contributed by atoms with Crippen molar-refractivity contribution in [2.75, 3.05) is 13.1 Å². The van der Waals surface area contributed by atoms with Gasteiger partial charge in [-0.05, 0) is 38.7 Å². The van der Waals surface area contributed by atoms with Gasteiger partial charge in [-0.25, -0.2) is 13.4 Å². The molecule has 24 heavy (non-hydrogen) atoms. The molecule has 1 saturated heterocycles. The van der Waals surface area contributed by atoms with Gasteiger partial charge in [-0.2, -0.15) is 9.40 Å². The van der Waals surface area contributed by atoms with E-state index >= 15 is 0 Å². The summed E-state index contributed by atoms with van der Waals surface area (Å²) in [5, 5.41) is 5.06. The molecule has 0 radical (unpaired) electrons. The number of aryl methyl sites for hydroxylation is 2. The lowest BCUT2D eigenvalue weighted by molar-refractivity contribution is 0.250. The molecule has 2 aromatic heterocycles. The minimum atomic E-state index is -3.52. The number of hydrogen-bond donors (Lipinski definition) is 1. The maximum atomic E-state index is 12.9. The molecule has 0 spiro atoms. The van der Waals surface area contributed by atoms with E-state index in [0.29, 0.717) is 24.7 Å². The van der Waals surface area contributed by atoms with Crippen LogP contribution in [0.15, 0.2) is 17.2 Å². The third kappa shape index (κ3) is 3.28. The number of hydrogen-bond acceptors (Lipinski definition) is 5. The van der Waals surface area contributed by atoms with Crippen LogP contribution in [0.3, 0.4) is 0 Å². The number of halogens is 1. The number of nitrogens with two attached hydrogens (primary N) is 1. The van der Waals surface area contributed by atoms with Gasteiger partial charge in [0.1, 0.15) is 4.90 Å².